The number of carbonyl (C=O) groups excluding carboxylic acids is 1. The summed E-state index contributed by atoms with van der Waals surface area (Å²) in [6.45, 7) is 6.68. The molecule has 4 heteroatoms. The first kappa shape index (κ1) is 11.0. The number of likely N-dealkylation sites (tertiary alicyclic amines) is 1. The van der Waals surface area contributed by atoms with E-state index in [1.165, 1.54) is 12.8 Å². The van der Waals surface area contributed by atoms with Gasteiger partial charge in [0.1, 0.15) is 6.29 Å². The number of morpholine rings is 1. The summed E-state index contributed by atoms with van der Waals surface area (Å²) in [5.74, 6) is 0. The van der Waals surface area contributed by atoms with Crippen LogP contribution in [-0.2, 0) is 9.53 Å². The van der Waals surface area contributed by atoms with Gasteiger partial charge in [-0.25, -0.2) is 0 Å². The van der Waals surface area contributed by atoms with Gasteiger partial charge in [0.15, 0.2) is 0 Å². The SMILES string of the molecule is O=CCN1CCC(N2CCOCC2)CC1. The summed E-state index contributed by atoms with van der Waals surface area (Å²) in [4.78, 5) is 15.2. The molecule has 15 heavy (non-hydrogen) atoms. The van der Waals surface area contributed by atoms with Crippen LogP contribution in [0.3, 0.4) is 0 Å². The van der Waals surface area contributed by atoms with E-state index in [1.54, 1.807) is 0 Å². The third-order valence-corrected chi connectivity index (χ3v) is 3.45. The maximum Gasteiger partial charge on any atom is 0.133 e. The number of hydrogen-bond donors (Lipinski definition) is 0. The van der Waals surface area contributed by atoms with E-state index >= 15 is 0 Å². The van der Waals surface area contributed by atoms with Crippen molar-refractivity contribution in [3.8, 4) is 0 Å². The minimum absolute atomic E-state index is 0.607. The standard InChI is InChI=1S/C11H20N2O2/c14-8-5-12-3-1-11(2-4-12)13-6-9-15-10-7-13/h8,11H,1-7,9-10H2. The molecular weight excluding hydrogens is 192 g/mol. The van der Waals surface area contributed by atoms with Crippen molar-refractivity contribution in [1.29, 1.82) is 0 Å². The van der Waals surface area contributed by atoms with E-state index in [-0.39, 0.29) is 0 Å². The van der Waals surface area contributed by atoms with Gasteiger partial charge in [0, 0.05) is 32.2 Å². The van der Waals surface area contributed by atoms with Crippen LogP contribution in [0.1, 0.15) is 12.8 Å². The van der Waals surface area contributed by atoms with Crippen LogP contribution >= 0.6 is 0 Å². The molecule has 0 atom stereocenters. The molecule has 0 aromatic carbocycles. The highest BCUT2D eigenvalue weighted by molar-refractivity contribution is 5.51. The third-order valence-electron chi connectivity index (χ3n) is 3.45. The normalized spacial score (nSPS) is 26.7. The van der Waals surface area contributed by atoms with Crippen molar-refractivity contribution in [2.45, 2.75) is 18.9 Å². The van der Waals surface area contributed by atoms with Crippen LogP contribution in [0.5, 0.6) is 0 Å². The van der Waals surface area contributed by atoms with Crippen molar-refractivity contribution in [3.05, 3.63) is 0 Å². The highest BCUT2D eigenvalue weighted by atomic mass is 16.5. The van der Waals surface area contributed by atoms with Gasteiger partial charge >= 0.3 is 0 Å². The number of hydrogen-bond acceptors (Lipinski definition) is 4. The zero-order chi connectivity index (χ0) is 10.5. The second kappa shape index (κ2) is 5.58. The van der Waals surface area contributed by atoms with Gasteiger partial charge in [0.05, 0.1) is 19.8 Å². The Kier molecular flexibility index (Phi) is 4.11. The molecular formula is C11H20N2O2. The maximum absolute atomic E-state index is 10.4. The number of rotatable bonds is 3. The lowest BCUT2D eigenvalue weighted by atomic mass is 10.0. The summed E-state index contributed by atoms with van der Waals surface area (Å²) in [5.41, 5.74) is 0. The molecule has 0 spiro atoms. The average Bonchev–Trinajstić information content (AvgIpc) is 2.32. The summed E-state index contributed by atoms with van der Waals surface area (Å²) < 4.78 is 5.35. The summed E-state index contributed by atoms with van der Waals surface area (Å²) in [7, 11) is 0. The first-order chi connectivity index (χ1) is 7.40. The smallest absolute Gasteiger partial charge is 0.133 e. The quantitative estimate of drug-likeness (QED) is 0.616. The molecule has 0 aromatic heterocycles. The number of piperidine rings is 1. The molecule has 4 nitrogen and oxygen atoms in total. The van der Waals surface area contributed by atoms with Crippen LogP contribution in [0.2, 0.25) is 0 Å². The fraction of sp³-hybridized carbons (Fsp3) is 0.909. The first-order valence-electron chi connectivity index (χ1n) is 5.88. The van der Waals surface area contributed by atoms with Crippen LogP contribution in [0, 0.1) is 0 Å². The van der Waals surface area contributed by atoms with Gasteiger partial charge in [-0.15, -0.1) is 0 Å². The van der Waals surface area contributed by atoms with Gasteiger partial charge in [0.25, 0.3) is 0 Å². The lowest BCUT2D eigenvalue weighted by molar-refractivity contribution is -0.109. The minimum Gasteiger partial charge on any atom is -0.379 e. The third kappa shape index (κ3) is 3.00. The van der Waals surface area contributed by atoms with Crippen molar-refractivity contribution < 1.29 is 9.53 Å². The average molecular weight is 212 g/mol. The number of aldehydes is 1. The molecule has 2 rings (SSSR count). The summed E-state index contributed by atoms with van der Waals surface area (Å²) >= 11 is 0. The van der Waals surface area contributed by atoms with Crippen molar-refractivity contribution in [1.82, 2.24) is 9.80 Å². The van der Waals surface area contributed by atoms with E-state index < -0.39 is 0 Å². The summed E-state index contributed by atoms with van der Waals surface area (Å²) in [6, 6.07) is 0.719. The van der Waals surface area contributed by atoms with E-state index in [9.17, 15) is 4.79 Å². The van der Waals surface area contributed by atoms with Gasteiger partial charge in [-0.2, -0.15) is 0 Å². The lowest BCUT2D eigenvalue weighted by Crippen LogP contribution is -2.49. The predicted molar refractivity (Wildman–Crippen MR) is 57.9 cm³/mol. The summed E-state index contributed by atoms with van der Waals surface area (Å²) in [5, 5.41) is 0. The highest BCUT2D eigenvalue weighted by Gasteiger charge is 2.25. The molecule has 0 bridgehead atoms. The Hall–Kier alpha value is -0.450. The molecule has 0 N–H and O–H groups in total. The Morgan fingerprint density at radius 1 is 1.13 bits per heavy atom. The Balaban J connectivity index is 1.74. The van der Waals surface area contributed by atoms with Gasteiger partial charge in [-0.05, 0) is 12.8 Å². The minimum atomic E-state index is 0.607. The van der Waals surface area contributed by atoms with Gasteiger partial charge in [0.2, 0.25) is 0 Å². The Morgan fingerprint density at radius 2 is 1.80 bits per heavy atom. The van der Waals surface area contributed by atoms with E-state index in [4.69, 9.17) is 4.74 Å². The Morgan fingerprint density at radius 3 is 2.40 bits per heavy atom. The maximum atomic E-state index is 10.4. The molecule has 0 amide bonds. The lowest BCUT2D eigenvalue weighted by Gasteiger charge is -2.39. The second-order valence-electron chi connectivity index (χ2n) is 4.35. The number of nitrogens with zero attached hydrogens (tertiary/aromatic N) is 2. The van der Waals surface area contributed by atoms with E-state index in [2.05, 4.69) is 9.80 Å². The van der Waals surface area contributed by atoms with Gasteiger partial charge in [-0.1, -0.05) is 0 Å². The molecule has 0 aliphatic carbocycles. The van der Waals surface area contributed by atoms with Gasteiger partial charge in [-0.3, -0.25) is 9.80 Å². The molecule has 0 saturated carbocycles. The zero-order valence-electron chi connectivity index (χ0n) is 9.23. The monoisotopic (exact) mass is 212 g/mol. The van der Waals surface area contributed by atoms with Crippen LogP contribution in [0.25, 0.3) is 0 Å². The zero-order valence-corrected chi connectivity index (χ0v) is 9.23. The largest absolute Gasteiger partial charge is 0.379 e. The topological polar surface area (TPSA) is 32.8 Å². The molecule has 2 aliphatic heterocycles. The van der Waals surface area contributed by atoms with Crippen LogP contribution < -0.4 is 0 Å². The van der Waals surface area contributed by atoms with E-state index in [1.807, 2.05) is 0 Å². The summed E-state index contributed by atoms with van der Waals surface area (Å²) in [6.07, 6.45) is 3.41. The molecule has 0 aromatic rings. The van der Waals surface area contributed by atoms with Crippen molar-refractivity contribution in [3.63, 3.8) is 0 Å². The van der Waals surface area contributed by atoms with Gasteiger partial charge < -0.3 is 9.53 Å². The highest BCUT2D eigenvalue weighted by Crippen LogP contribution is 2.17. The fourth-order valence-electron chi connectivity index (χ4n) is 2.52. The molecule has 0 radical (unpaired) electrons. The molecule has 86 valence electrons. The Bertz CT molecular complexity index is 197. The molecule has 2 fully saturated rings. The van der Waals surface area contributed by atoms with E-state index in [0.717, 1.165) is 51.7 Å². The van der Waals surface area contributed by atoms with Crippen molar-refractivity contribution in [2.75, 3.05) is 45.9 Å². The van der Waals surface area contributed by atoms with E-state index in [0.29, 0.717) is 6.54 Å². The predicted octanol–water partition coefficient (Wildman–Crippen LogP) is -0.0181. The molecule has 0 unspecified atom stereocenters. The Labute approximate surface area is 91.2 Å². The van der Waals surface area contributed by atoms with Crippen molar-refractivity contribution in [2.24, 2.45) is 0 Å². The first-order valence-corrected chi connectivity index (χ1v) is 5.88. The molecule has 2 aliphatic rings. The van der Waals surface area contributed by atoms with Crippen molar-refractivity contribution >= 4 is 6.29 Å². The van der Waals surface area contributed by atoms with Crippen LogP contribution in [0.15, 0.2) is 0 Å². The van der Waals surface area contributed by atoms with Crippen LogP contribution in [0.4, 0.5) is 0 Å². The molecule has 2 saturated heterocycles. The fourth-order valence-corrected chi connectivity index (χ4v) is 2.52. The number of ether oxygens (including phenoxy) is 1. The molecule has 2 heterocycles. The van der Waals surface area contributed by atoms with Crippen LogP contribution in [-0.4, -0.2) is 68.1 Å². The number of carbonyl (C=O) groups is 1. The second-order valence-corrected chi connectivity index (χ2v) is 4.35.